The van der Waals surface area contributed by atoms with E-state index < -0.39 is 0 Å². The van der Waals surface area contributed by atoms with Crippen molar-refractivity contribution in [1.29, 1.82) is 0 Å². The topological polar surface area (TPSA) is 59.8 Å². The van der Waals surface area contributed by atoms with E-state index in [1.807, 2.05) is 6.07 Å². The van der Waals surface area contributed by atoms with Gasteiger partial charge in [-0.1, -0.05) is 38.1 Å². The van der Waals surface area contributed by atoms with Gasteiger partial charge in [-0.3, -0.25) is 4.79 Å². The first-order valence-corrected chi connectivity index (χ1v) is 8.84. The highest BCUT2D eigenvalue weighted by Crippen LogP contribution is 2.42. The Bertz CT molecular complexity index is 777. The van der Waals surface area contributed by atoms with E-state index in [0.717, 1.165) is 43.9 Å². The van der Waals surface area contributed by atoms with Crippen LogP contribution in [0.2, 0.25) is 0 Å². The van der Waals surface area contributed by atoms with Crippen molar-refractivity contribution >= 4 is 5.91 Å². The van der Waals surface area contributed by atoms with Gasteiger partial charge in [-0.25, -0.2) is 0 Å². The smallest absolute Gasteiger partial charge is 0.227 e. The molecule has 4 rings (SSSR count). The van der Waals surface area contributed by atoms with Gasteiger partial charge in [-0.2, -0.15) is 0 Å². The number of carbonyl (C=O) groups is 1. The third-order valence-electron chi connectivity index (χ3n) is 5.55. The highest BCUT2D eigenvalue weighted by atomic mass is 16.1. The highest BCUT2D eigenvalue weighted by molar-refractivity contribution is 5.84. The molecule has 1 unspecified atom stereocenters. The van der Waals surface area contributed by atoms with E-state index in [0.29, 0.717) is 6.54 Å². The van der Waals surface area contributed by atoms with Crippen molar-refractivity contribution in [2.24, 2.45) is 0 Å². The summed E-state index contributed by atoms with van der Waals surface area (Å²) in [6, 6.07) is 8.38. The number of aromatic nitrogens is 3. The lowest BCUT2D eigenvalue weighted by Gasteiger charge is -2.36. The van der Waals surface area contributed by atoms with Crippen molar-refractivity contribution in [2.45, 2.75) is 64.0 Å². The van der Waals surface area contributed by atoms with Gasteiger partial charge in [0.1, 0.15) is 5.82 Å². The maximum absolute atomic E-state index is 12.8. The van der Waals surface area contributed by atoms with Crippen LogP contribution >= 0.6 is 0 Å². The van der Waals surface area contributed by atoms with Crippen molar-refractivity contribution in [2.75, 3.05) is 0 Å². The van der Waals surface area contributed by atoms with Gasteiger partial charge < -0.3 is 9.88 Å². The van der Waals surface area contributed by atoms with Crippen molar-refractivity contribution in [3.63, 3.8) is 0 Å². The molecule has 24 heavy (non-hydrogen) atoms. The van der Waals surface area contributed by atoms with Crippen LogP contribution in [0.3, 0.4) is 0 Å². The summed E-state index contributed by atoms with van der Waals surface area (Å²) >= 11 is 0. The van der Waals surface area contributed by atoms with Gasteiger partial charge >= 0.3 is 0 Å². The van der Waals surface area contributed by atoms with Crippen LogP contribution in [0.15, 0.2) is 24.3 Å². The Hall–Kier alpha value is -2.17. The Balaban J connectivity index is 1.51. The molecule has 2 aliphatic rings. The molecule has 5 heteroatoms. The Morgan fingerprint density at radius 2 is 2.17 bits per heavy atom. The maximum atomic E-state index is 12.8. The third kappa shape index (κ3) is 2.52. The molecule has 0 saturated heterocycles. The first-order valence-electron chi connectivity index (χ1n) is 8.84. The summed E-state index contributed by atoms with van der Waals surface area (Å²) in [5.41, 5.74) is 2.62. The number of nitrogens with zero attached hydrogens (tertiary/aromatic N) is 3. The molecule has 0 bridgehead atoms. The Morgan fingerprint density at radius 3 is 3.04 bits per heavy atom. The molecule has 126 valence electrons. The molecule has 1 aliphatic heterocycles. The van der Waals surface area contributed by atoms with E-state index in [1.165, 1.54) is 11.1 Å². The van der Waals surface area contributed by atoms with Crippen LogP contribution in [0.1, 0.15) is 61.8 Å². The summed E-state index contributed by atoms with van der Waals surface area (Å²) in [4.78, 5) is 12.8. The second-order valence-electron chi connectivity index (χ2n) is 7.57. The van der Waals surface area contributed by atoms with E-state index in [-0.39, 0.29) is 17.2 Å². The normalized spacial score (nSPS) is 21.2. The minimum Gasteiger partial charge on any atom is -0.348 e. The highest BCUT2D eigenvalue weighted by Gasteiger charge is 2.35. The predicted molar refractivity (Wildman–Crippen MR) is 91.6 cm³/mol. The summed E-state index contributed by atoms with van der Waals surface area (Å²) in [5, 5.41) is 11.5. The fourth-order valence-corrected chi connectivity index (χ4v) is 4.12. The summed E-state index contributed by atoms with van der Waals surface area (Å²) in [6.45, 7) is 5.96. The number of nitrogens with one attached hydrogen (secondary N) is 1. The van der Waals surface area contributed by atoms with Gasteiger partial charge in [0.05, 0.1) is 12.5 Å². The summed E-state index contributed by atoms with van der Waals surface area (Å²) < 4.78 is 2.14. The summed E-state index contributed by atoms with van der Waals surface area (Å²) in [7, 11) is 0. The average molecular weight is 324 g/mol. The van der Waals surface area contributed by atoms with Crippen LogP contribution < -0.4 is 5.32 Å². The first-order chi connectivity index (χ1) is 11.6. The number of benzene rings is 1. The molecule has 2 heterocycles. The molecule has 1 N–H and O–H groups in total. The zero-order valence-electron chi connectivity index (χ0n) is 14.4. The summed E-state index contributed by atoms with van der Waals surface area (Å²) in [5.74, 6) is 1.97. The number of fused-ring (bicyclic) bond motifs is 2. The second-order valence-corrected chi connectivity index (χ2v) is 7.57. The van der Waals surface area contributed by atoms with Crippen LogP contribution in [-0.2, 0) is 29.7 Å². The van der Waals surface area contributed by atoms with Gasteiger partial charge in [0.25, 0.3) is 0 Å². The lowest BCUT2D eigenvalue weighted by atomic mass is 9.68. The fraction of sp³-hybridized carbons (Fsp3) is 0.526. The van der Waals surface area contributed by atoms with E-state index in [1.54, 1.807) is 0 Å². The quantitative estimate of drug-likeness (QED) is 0.944. The van der Waals surface area contributed by atoms with Crippen molar-refractivity contribution in [3.8, 4) is 0 Å². The Morgan fingerprint density at radius 1 is 1.33 bits per heavy atom. The molecule has 0 fully saturated rings. The molecule has 1 aromatic heterocycles. The molecule has 1 aliphatic carbocycles. The predicted octanol–water partition coefficient (Wildman–Crippen LogP) is 2.70. The maximum Gasteiger partial charge on any atom is 0.227 e. The van der Waals surface area contributed by atoms with E-state index >= 15 is 0 Å². The monoisotopic (exact) mass is 324 g/mol. The molecule has 0 saturated carbocycles. The number of rotatable bonds is 3. The zero-order valence-corrected chi connectivity index (χ0v) is 14.4. The molecule has 1 atom stereocenters. The van der Waals surface area contributed by atoms with Crippen molar-refractivity contribution in [1.82, 2.24) is 20.1 Å². The minimum atomic E-state index is -0.0600. The molecule has 2 aromatic rings. The molecule has 1 amide bonds. The fourth-order valence-electron chi connectivity index (χ4n) is 4.12. The third-order valence-corrected chi connectivity index (χ3v) is 5.55. The molecule has 5 nitrogen and oxygen atoms in total. The number of hydrogen-bond donors (Lipinski definition) is 1. The minimum absolute atomic E-state index is 0.0600. The number of amides is 1. The standard InChI is InChI=1S/C19H24N4O/c1-19(2)10-9-14(13-6-3-4-7-15(13)19)18(24)20-12-17-22-21-16-8-5-11-23(16)17/h3-4,6-7,14H,5,8-12H2,1-2H3,(H,20,24). The van der Waals surface area contributed by atoms with Crippen LogP contribution in [0, 0.1) is 0 Å². The van der Waals surface area contributed by atoms with Gasteiger partial charge in [-0.05, 0) is 35.8 Å². The molecular weight excluding hydrogens is 300 g/mol. The van der Waals surface area contributed by atoms with Gasteiger partial charge in [-0.15, -0.1) is 10.2 Å². The van der Waals surface area contributed by atoms with Gasteiger partial charge in [0, 0.05) is 13.0 Å². The molecule has 0 spiro atoms. The van der Waals surface area contributed by atoms with Crippen LogP contribution in [0.5, 0.6) is 0 Å². The second kappa shape index (κ2) is 5.72. The van der Waals surface area contributed by atoms with E-state index in [9.17, 15) is 4.79 Å². The zero-order chi connectivity index (χ0) is 16.7. The molecular formula is C19H24N4O. The lowest BCUT2D eigenvalue weighted by Crippen LogP contribution is -2.35. The Labute approximate surface area is 142 Å². The summed E-state index contributed by atoms with van der Waals surface area (Å²) in [6.07, 6.45) is 4.04. The average Bonchev–Trinajstić information content (AvgIpc) is 3.17. The largest absolute Gasteiger partial charge is 0.348 e. The van der Waals surface area contributed by atoms with Crippen LogP contribution in [0.4, 0.5) is 0 Å². The number of aryl methyl sites for hydroxylation is 1. The number of hydrogen-bond acceptors (Lipinski definition) is 3. The SMILES string of the molecule is CC1(C)CCC(C(=O)NCc2nnc3n2CCC3)c2ccccc21. The van der Waals surface area contributed by atoms with Crippen LogP contribution in [-0.4, -0.2) is 20.7 Å². The van der Waals surface area contributed by atoms with Gasteiger partial charge in [0.2, 0.25) is 5.91 Å². The van der Waals surface area contributed by atoms with Crippen LogP contribution in [0.25, 0.3) is 0 Å². The molecule has 0 radical (unpaired) electrons. The van der Waals surface area contributed by atoms with Crippen molar-refractivity contribution < 1.29 is 4.79 Å². The molecule has 1 aromatic carbocycles. The Kier molecular flexibility index (Phi) is 3.66. The lowest BCUT2D eigenvalue weighted by molar-refractivity contribution is -0.123. The number of carbonyl (C=O) groups excluding carboxylic acids is 1. The van der Waals surface area contributed by atoms with Gasteiger partial charge in [0.15, 0.2) is 5.82 Å². The van der Waals surface area contributed by atoms with E-state index in [2.05, 4.69) is 52.1 Å². The van der Waals surface area contributed by atoms with E-state index in [4.69, 9.17) is 0 Å². The first kappa shape index (κ1) is 15.4. The van der Waals surface area contributed by atoms with Crippen molar-refractivity contribution in [3.05, 3.63) is 47.0 Å².